The second-order valence-electron chi connectivity index (χ2n) is 5.88. The van der Waals surface area contributed by atoms with Crippen LogP contribution in [0.15, 0.2) is 0 Å². The summed E-state index contributed by atoms with van der Waals surface area (Å²) in [5.74, 6) is -1.32. The third-order valence-electron chi connectivity index (χ3n) is 3.71. The van der Waals surface area contributed by atoms with E-state index in [1.807, 2.05) is 0 Å². The molecule has 0 aliphatic heterocycles. The van der Waals surface area contributed by atoms with E-state index in [1.54, 1.807) is 0 Å². The van der Waals surface area contributed by atoms with Crippen molar-refractivity contribution in [1.29, 1.82) is 0 Å². The van der Waals surface area contributed by atoms with Gasteiger partial charge in [0.2, 0.25) is 5.92 Å². The monoisotopic (exact) mass is 247 g/mol. The summed E-state index contributed by atoms with van der Waals surface area (Å²) in [7, 11) is 0. The van der Waals surface area contributed by atoms with Crippen LogP contribution in [0.2, 0.25) is 0 Å². The average molecular weight is 247 g/mol. The van der Waals surface area contributed by atoms with Crippen molar-refractivity contribution in [2.75, 3.05) is 6.54 Å². The van der Waals surface area contributed by atoms with Crippen molar-refractivity contribution in [3.63, 3.8) is 0 Å². The molecule has 1 atom stereocenters. The Morgan fingerprint density at radius 2 is 1.82 bits per heavy atom. The molecule has 0 aromatic carbocycles. The van der Waals surface area contributed by atoms with E-state index in [9.17, 15) is 8.78 Å². The Bertz CT molecular complexity index is 206. The van der Waals surface area contributed by atoms with Crippen LogP contribution in [0.4, 0.5) is 8.78 Å². The number of alkyl halides is 2. The van der Waals surface area contributed by atoms with Crippen LogP contribution >= 0.6 is 0 Å². The molecule has 1 fully saturated rings. The van der Waals surface area contributed by atoms with Gasteiger partial charge in [0, 0.05) is 18.9 Å². The van der Waals surface area contributed by atoms with Gasteiger partial charge < -0.3 is 5.32 Å². The minimum Gasteiger partial charge on any atom is -0.314 e. The van der Waals surface area contributed by atoms with Gasteiger partial charge in [0.15, 0.2) is 0 Å². The minimum atomic E-state index is -2.40. The van der Waals surface area contributed by atoms with Gasteiger partial charge in [0.25, 0.3) is 0 Å². The molecule has 3 heteroatoms. The summed E-state index contributed by atoms with van der Waals surface area (Å²) in [6, 6.07) is 0.436. The van der Waals surface area contributed by atoms with E-state index < -0.39 is 5.92 Å². The van der Waals surface area contributed by atoms with Gasteiger partial charge in [0.05, 0.1) is 0 Å². The number of hydrogen-bond donors (Lipinski definition) is 1. The zero-order valence-corrected chi connectivity index (χ0v) is 11.4. The molecule has 0 aromatic rings. The molecular weight excluding hydrogens is 220 g/mol. The van der Waals surface area contributed by atoms with E-state index in [4.69, 9.17) is 0 Å². The van der Waals surface area contributed by atoms with Gasteiger partial charge in [0.1, 0.15) is 0 Å². The Kier molecular flexibility index (Phi) is 5.84. The summed E-state index contributed by atoms with van der Waals surface area (Å²) in [6.07, 6.45) is 3.75. The fourth-order valence-electron chi connectivity index (χ4n) is 2.74. The van der Waals surface area contributed by atoms with Crippen molar-refractivity contribution in [1.82, 2.24) is 5.32 Å². The maximum Gasteiger partial charge on any atom is 0.248 e. The summed E-state index contributed by atoms with van der Waals surface area (Å²) in [5, 5.41) is 3.55. The van der Waals surface area contributed by atoms with E-state index in [0.29, 0.717) is 30.7 Å². The third-order valence-corrected chi connectivity index (χ3v) is 3.71. The summed E-state index contributed by atoms with van der Waals surface area (Å²) >= 11 is 0. The summed E-state index contributed by atoms with van der Waals surface area (Å²) in [4.78, 5) is 0. The lowest BCUT2D eigenvalue weighted by Gasteiger charge is -2.35. The van der Waals surface area contributed by atoms with Gasteiger partial charge in [-0.3, -0.25) is 0 Å². The summed E-state index contributed by atoms with van der Waals surface area (Å²) in [5.41, 5.74) is 0. The predicted molar refractivity (Wildman–Crippen MR) is 68.4 cm³/mol. The van der Waals surface area contributed by atoms with Gasteiger partial charge in [-0.05, 0) is 44.1 Å². The van der Waals surface area contributed by atoms with Gasteiger partial charge in [-0.2, -0.15) is 0 Å². The van der Waals surface area contributed by atoms with E-state index in [0.717, 1.165) is 19.4 Å². The van der Waals surface area contributed by atoms with Crippen LogP contribution < -0.4 is 5.32 Å². The number of rotatable bonds is 6. The summed E-state index contributed by atoms with van der Waals surface area (Å²) in [6.45, 7) is 7.56. The zero-order chi connectivity index (χ0) is 12.9. The number of halogens is 2. The quantitative estimate of drug-likeness (QED) is 0.740. The largest absolute Gasteiger partial charge is 0.314 e. The molecule has 0 radical (unpaired) electrons. The predicted octanol–water partition coefficient (Wildman–Crippen LogP) is 4.23. The van der Waals surface area contributed by atoms with E-state index >= 15 is 0 Å². The van der Waals surface area contributed by atoms with Crippen molar-refractivity contribution in [2.24, 2.45) is 11.8 Å². The Hall–Kier alpha value is -0.180. The highest BCUT2D eigenvalue weighted by Gasteiger charge is 2.37. The van der Waals surface area contributed by atoms with Crippen molar-refractivity contribution < 1.29 is 8.78 Å². The standard InChI is InChI=1S/C14H27F2N/c1-4-9-17-13(10-11(2)3)12-5-7-14(15,16)8-6-12/h11-13,17H,4-10H2,1-3H3. The van der Waals surface area contributed by atoms with Crippen molar-refractivity contribution in [2.45, 2.75) is 71.3 Å². The van der Waals surface area contributed by atoms with Crippen LogP contribution in [0, 0.1) is 11.8 Å². The molecule has 0 spiro atoms. The highest BCUT2D eigenvalue weighted by atomic mass is 19.3. The second kappa shape index (κ2) is 6.67. The molecule has 1 aliphatic carbocycles. The average Bonchev–Trinajstić information content (AvgIpc) is 2.24. The zero-order valence-electron chi connectivity index (χ0n) is 11.4. The molecule has 0 saturated heterocycles. The molecule has 0 aromatic heterocycles. The molecule has 1 unspecified atom stereocenters. The first kappa shape index (κ1) is 14.9. The number of nitrogens with one attached hydrogen (secondary N) is 1. The molecule has 102 valence electrons. The lowest BCUT2D eigenvalue weighted by atomic mass is 9.79. The highest BCUT2D eigenvalue weighted by molar-refractivity contribution is 4.85. The molecule has 0 heterocycles. The second-order valence-corrected chi connectivity index (χ2v) is 5.88. The van der Waals surface area contributed by atoms with E-state index in [1.165, 1.54) is 0 Å². The molecule has 1 N–H and O–H groups in total. The Morgan fingerprint density at radius 1 is 1.24 bits per heavy atom. The smallest absolute Gasteiger partial charge is 0.248 e. The van der Waals surface area contributed by atoms with Gasteiger partial charge in [-0.25, -0.2) is 8.78 Å². The molecule has 17 heavy (non-hydrogen) atoms. The van der Waals surface area contributed by atoms with Crippen LogP contribution in [-0.4, -0.2) is 18.5 Å². The lowest BCUT2D eigenvalue weighted by Crippen LogP contribution is -2.41. The molecule has 0 amide bonds. The fourth-order valence-corrected chi connectivity index (χ4v) is 2.74. The molecule has 1 saturated carbocycles. The topological polar surface area (TPSA) is 12.0 Å². The maximum atomic E-state index is 13.1. The Labute approximate surface area is 104 Å². The first-order valence-electron chi connectivity index (χ1n) is 7.06. The molecule has 0 bridgehead atoms. The van der Waals surface area contributed by atoms with Crippen molar-refractivity contribution >= 4 is 0 Å². The summed E-state index contributed by atoms with van der Waals surface area (Å²) < 4.78 is 26.3. The first-order valence-corrected chi connectivity index (χ1v) is 7.06. The van der Waals surface area contributed by atoms with Crippen LogP contribution in [-0.2, 0) is 0 Å². The highest BCUT2D eigenvalue weighted by Crippen LogP contribution is 2.38. The molecule has 1 rings (SSSR count). The van der Waals surface area contributed by atoms with Crippen LogP contribution in [0.5, 0.6) is 0 Å². The first-order chi connectivity index (χ1) is 7.94. The van der Waals surface area contributed by atoms with Crippen LogP contribution in [0.25, 0.3) is 0 Å². The third kappa shape index (κ3) is 5.33. The van der Waals surface area contributed by atoms with Crippen molar-refractivity contribution in [3.8, 4) is 0 Å². The molecule has 1 nitrogen and oxygen atoms in total. The van der Waals surface area contributed by atoms with E-state index in [-0.39, 0.29) is 12.8 Å². The Morgan fingerprint density at radius 3 is 2.29 bits per heavy atom. The maximum absolute atomic E-state index is 13.1. The lowest BCUT2D eigenvalue weighted by molar-refractivity contribution is -0.0502. The normalized spacial score (nSPS) is 22.9. The van der Waals surface area contributed by atoms with Crippen LogP contribution in [0.3, 0.4) is 0 Å². The van der Waals surface area contributed by atoms with Crippen LogP contribution in [0.1, 0.15) is 59.3 Å². The van der Waals surface area contributed by atoms with Gasteiger partial charge >= 0.3 is 0 Å². The molecular formula is C14H27F2N. The Balaban J connectivity index is 2.46. The number of hydrogen-bond acceptors (Lipinski definition) is 1. The van der Waals surface area contributed by atoms with E-state index in [2.05, 4.69) is 26.1 Å². The van der Waals surface area contributed by atoms with Gasteiger partial charge in [-0.1, -0.05) is 20.8 Å². The fraction of sp³-hybridized carbons (Fsp3) is 1.00. The van der Waals surface area contributed by atoms with Crippen molar-refractivity contribution in [3.05, 3.63) is 0 Å². The SMILES string of the molecule is CCCNC(CC(C)C)C1CCC(F)(F)CC1. The minimum absolute atomic E-state index is 0.0834. The van der Waals surface area contributed by atoms with Gasteiger partial charge in [-0.15, -0.1) is 0 Å². The molecule has 1 aliphatic rings.